The van der Waals surface area contributed by atoms with Gasteiger partial charge in [0.2, 0.25) is 11.7 Å². The maximum Gasteiger partial charge on any atom is 0.234 e. The van der Waals surface area contributed by atoms with Crippen LogP contribution in [-0.4, -0.2) is 15.9 Å². The number of rotatable bonds is 3. The first kappa shape index (κ1) is 11.9. The predicted octanol–water partition coefficient (Wildman–Crippen LogP) is 2.77. The Labute approximate surface area is 105 Å². The molecule has 0 amide bonds. The molecule has 1 aromatic carbocycles. The van der Waals surface area contributed by atoms with Crippen LogP contribution >= 0.6 is 15.9 Å². The Balaban J connectivity index is 2.33. The van der Waals surface area contributed by atoms with E-state index < -0.39 is 0 Å². The molecule has 88 valence electrons. The summed E-state index contributed by atoms with van der Waals surface area (Å²) in [5.41, 5.74) is 0.616. The van der Waals surface area contributed by atoms with Crippen LogP contribution in [0.2, 0.25) is 0 Å². The van der Waals surface area contributed by atoms with Gasteiger partial charge in [-0.15, -0.1) is 0 Å². The van der Waals surface area contributed by atoms with E-state index in [1.807, 2.05) is 0 Å². The number of Topliss-reactive ketones (excluding diaryl/α,β-unsaturated/α-hetero) is 1. The summed E-state index contributed by atoms with van der Waals surface area (Å²) in [6, 6.07) is 4.17. The molecule has 17 heavy (non-hydrogen) atoms. The summed E-state index contributed by atoms with van der Waals surface area (Å²) in [4.78, 5) is 14.9. The highest BCUT2D eigenvalue weighted by Crippen LogP contribution is 2.26. The SMILES string of the molecule is CC(=O)Cc1nc(-c2ccc(F)cc2Br)no1. The number of carbonyl (C=O) groups is 1. The molecule has 0 radical (unpaired) electrons. The van der Waals surface area contributed by atoms with E-state index in [0.29, 0.717) is 15.9 Å². The summed E-state index contributed by atoms with van der Waals surface area (Å²) in [6.45, 7) is 1.44. The monoisotopic (exact) mass is 298 g/mol. The van der Waals surface area contributed by atoms with Gasteiger partial charge in [0.25, 0.3) is 0 Å². The molecule has 0 N–H and O–H groups in total. The fourth-order valence-electron chi connectivity index (χ4n) is 1.32. The van der Waals surface area contributed by atoms with Crippen LogP contribution in [0.1, 0.15) is 12.8 Å². The van der Waals surface area contributed by atoms with E-state index >= 15 is 0 Å². The van der Waals surface area contributed by atoms with Crippen LogP contribution in [0.5, 0.6) is 0 Å². The van der Waals surface area contributed by atoms with E-state index in [-0.39, 0.29) is 23.9 Å². The molecule has 0 atom stereocenters. The third kappa shape index (κ3) is 2.76. The average molecular weight is 299 g/mol. The Hall–Kier alpha value is -1.56. The quantitative estimate of drug-likeness (QED) is 0.874. The first-order valence-corrected chi connectivity index (χ1v) is 5.63. The number of aromatic nitrogens is 2. The Morgan fingerprint density at radius 1 is 1.53 bits per heavy atom. The molecule has 0 aliphatic heterocycles. The molecule has 2 aromatic rings. The number of nitrogens with zero attached hydrogens (tertiary/aromatic N) is 2. The van der Waals surface area contributed by atoms with Gasteiger partial charge in [0, 0.05) is 10.0 Å². The Morgan fingerprint density at radius 2 is 2.29 bits per heavy atom. The van der Waals surface area contributed by atoms with Crippen LogP contribution in [0.3, 0.4) is 0 Å². The molecule has 0 saturated heterocycles. The van der Waals surface area contributed by atoms with E-state index in [1.165, 1.54) is 19.1 Å². The predicted molar refractivity (Wildman–Crippen MR) is 61.8 cm³/mol. The van der Waals surface area contributed by atoms with E-state index in [9.17, 15) is 9.18 Å². The van der Waals surface area contributed by atoms with Gasteiger partial charge in [-0.1, -0.05) is 5.16 Å². The second kappa shape index (κ2) is 4.75. The molecular weight excluding hydrogens is 291 g/mol. The molecule has 6 heteroatoms. The zero-order valence-corrected chi connectivity index (χ0v) is 10.5. The normalized spacial score (nSPS) is 10.5. The van der Waals surface area contributed by atoms with Gasteiger partial charge < -0.3 is 4.52 Å². The van der Waals surface area contributed by atoms with Crippen LogP contribution in [0.4, 0.5) is 4.39 Å². The summed E-state index contributed by atoms with van der Waals surface area (Å²) in [5.74, 6) is 0.170. The molecular formula is C11H8BrFN2O2. The molecule has 4 nitrogen and oxygen atoms in total. The summed E-state index contributed by atoms with van der Waals surface area (Å²) in [5, 5.41) is 3.74. The van der Waals surface area contributed by atoms with Crippen LogP contribution in [0.25, 0.3) is 11.4 Å². The van der Waals surface area contributed by atoms with Crippen LogP contribution in [-0.2, 0) is 11.2 Å². The summed E-state index contributed by atoms with van der Waals surface area (Å²) in [6.07, 6.45) is 0.103. The largest absolute Gasteiger partial charge is 0.339 e. The van der Waals surface area contributed by atoms with E-state index in [0.717, 1.165) is 0 Å². The number of benzene rings is 1. The van der Waals surface area contributed by atoms with Gasteiger partial charge in [-0.2, -0.15) is 4.98 Å². The maximum atomic E-state index is 12.9. The van der Waals surface area contributed by atoms with Crippen molar-refractivity contribution >= 4 is 21.7 Å². The fraction of sp³-hybridized carbons (Fsp3) is 0.182. The number of hydrogen-bond donors (Lipinski definition) is 0. The molecule has 1 heterocycles. The van der Waals surface area contributed by atoms with Gasteiger partial charge in [0.05, 0.1) is 6.42 Å². The highest BCUT2D eigenvalue weighted by molar-refractivity contribution is 9.10. The first-order valence-electron chi connectivity index (χ1n) is 4.83. The summed E-state index contributed by atoms with van der Waals surface area (Å²) in [7, 11) is 0. The number of halogens is 2. The van der Waals surface area contributed by atoms with Crippen molar-refractivity contribution in [2.24, 2.45) is 0 Å². The summed E-state index contributed by atoms with van der Waals surface area (Å²) >= 11 is 3.22. The van der Waals surface area contributed by atoms with Crippen molar-refractivity contribution in [1.29, 1.82) is 0 Å². The molecule has 0 saturated carbocycles. The molecule has 0 aliphatic carbocycles. The lowest BCUT2D eigenvalue weighted by Crippen LogP contribution is -1.96. The topological polar surface area (TPSA) is 56.0 Å². The second-order valence-corrected chi connectivity index (χ2v) is 4.37. The number of carbonyl (C=O) groups excluding carboxylic acids is 1. The molecule has 1 aromatic heterocycles. The van der Waals surface area contributed by atoms with E-state index in [4.69, 9.17) is 4.52 Å². The lowest BCUT2D eigenvalue weighted by atomic mass is 10.2. The molecule has 0 fully saturated rings. The van der Waals surface area contributed by atoms with Gasteiger partial charge in [0.1, 0.15) is 11.6 Å². The van der Waals surface area contributed by atoms with Gasteiger partial charge in [-0.3, -0.25) is 4.79 Å². The minimum atomic E-state index is -0.354. The zero-order chi connectivity index (χ0) is 12.4. The third-order valence-electron chi connectivity index (χ3n) is 2.04. The standard InChI is InChI=1S/C11H8BrFN2O2/c1-6(16)4-10-14-11(15-17-10)8-3-2-7(13)5-9(8)12/h2-3,5H,4H2,1H3. The summed E-state index contributed by atoms with van der Waals surface area (Å²) < 4.78 is 18.4. The number of hydrogen-bond acceptors (Lipinski definition) is 4. The number of ketones is 1. The van der Waals surface area contributed by atoms with Crippen molar-refractivity contribution in [2.45, 2.75) is 13.3 Å². The highest BCUT2D eigenvalue weighted by Gasteiger charge is 2.13. The van der Waals surface area contributed by atoms with Crippen LogP contribution in [0.15, 0.2) is 27.2 Å². The highest BCUT2D eigenvalue weighted by atomic mass is 79.9. The lowest BCUT2D eigenvalue weighted by molar-refractivity contribution is -0.116. The smallest absolute Gasteiger partial charge is 0.234 e. The second-order valence-electron chi connectivity index (χ2n) is 3.51. The minimum absolute atomic E-state index is 0.0571. The van der Waals surface area contributed by atoms with E-state index in [1.54, 1.807) is 6.07 Å². The molecule has 0 unspecified atom stereocenters. The van der Waals surface area contributed by atoms with Crippen molar-refractivity contribution in [3.63, 3.8) is 0 Å². The average Bonchev–Trinajstić information content (AvgIpc) is 2.65. The van der Waals surface area contributed by atoms with Gasteiger partial charge in [-0.05, 0) is 41.1 Å². The van der Waals surface area contributed by atoms with Crippen molar-refractivity contribution in [1.82, 2.24) is 10.1 Å². The molecule has 0 aliphatic rings. The Morgan fingerprint density at radius 3 is 2.94 bits per heavy atom. The molecule has 0 spiro atoms. The zero-order valence-electron chi connectivity index (χ0n) is 8.91. The van der Waals surface area contributed by atoms with Crippen LogP contribution < -0.4 is 0 Å². The van der Waals surface area contributed by atoms with Gasteiger partial charge in [-0.25, -0.2) is 4.39 Å². The van der Waals surface area contributed by atoms with Crippen molar-refractivity contribution < 1.29 is 13.7 Å². The molecule has 0 bridgehead atoms. The van der Waals surface area contributed by atoms with Gasteiger partial charge >= 0.3 is 0 Å². The maximum absolute atomic E-state index is 12.9. The van der Waals surface area contributed by atoms with Gasteiger partial charge in [0.15, 0.2) is 0 Å². The van der Waals surface area contributed by atoms with Crippen molar-refractivity contribution in [2.75, 3.05) is 0 Å². The third-order valence-corrected chi connectivity index (χ3v) is 2.70. The minimum Gasteiger partial charge on any atom is -0.339 e. The molecule has 2 rings (SSSR count). The lowest BCUT2D eigenvalue weighted by Gasteiger charge is -1.97. The van der Waals surface area contributed by atoms with Crippen LogP contribution in [0, 0.1) is 5.82 Å². The Kier molecular flexibility index (Phi) is 3.33. The fourth-order valence-corrected chi connectivity index (χ4v) is 1.85. The van der Waals surface area contributed by atoms with Crippen molar-refractivity contribution in [3.05, 3.63) is 34.4 Å². The van der Waals surface area contributed by atoms with E-state index in [2.05, 4.69) is 26.1 Å². The van der Waals surface area contributed by atoms with Crippen molar-refractivity contribution in [3.8, 4) is 11.4 Å². The first-order chi connectivity index (χ1) is 8.06. The Bertz CT molecular complexity index is 568.